The molecule has 1 rings (SSSR count). The standard InChI is InChI=1S/C11H21BrN4/c1-11(2,3)9(13-4)7-6-8-10(12)14-15-16(8)5/h9,13H,6-7H2,1-5H3. The summed E-state index contributed by atoms with van der Waals surface area (Å²) in [6.45, 7) is 6.76. The Morgan fingerprint density at radius 1 is 1.44 bits per heavy atom. The smallest absolute Gasteiger partial charge is 0.151 e. The van der Waals surface area contributed by atoms with E-state index < -0.39 is 0 Å². The van der Waals surface area contributed by atoms with Gasteiger partial charge in [-0.3, -0.25) is 4.68 Å². The molecule has 0 spiro atoms. The van der Waals surface area contributed by atoms with Crippen LogP contribution in [0.3, 0.4) is 0 Å². The van der Waals surface area contributed by atoms with E-state index in [1.54, 1.807) is 0 Å². The first kappa shape index (κ1) is 13.6. The third-order valence-corrected chi connectivity index (χ3v) is 3.58. The van der Waals surface area contributed by atoms with Crippen molar-refractivity contribution in [3.05, 3.63) is 10.3 Å². The van der Waals surface area contributed by atoms with E-state index in [1.165, 1.54) is 0 Å². The molecule has 0 amide bonds. The molecule has 0 radical (unpaired) electrons. The van der Waals surface area contributed by atoms with Crippen LogP contribution < -0.4 is 5.32 Å². The number of nitrogens with zero attached hydrogens (tertiary/aromatic N) is 3. The quantitative estimate of drug-likeness (QED) is 0.923. The first-order valence-corrected chi connectivity index (χ1v) is 6.37. The Labute approximate surface area is 106 Å². The number of rotatable bonds is 4. The van der Waals surface area contributed by atoms with Crippen LogP contribution in [0.1, 0.15) is 32.9 Å². The third-order valence-electron chi connectivity index (χ3n) is 2.96. The Kier molecular flexibility index (Phi) is 4.50. The van der Waals surface area contributed by atoms with Gasteiger partial charge in [-0.15, -0.1) is 5.10 Å². The van der Waals surface area contributed by atoms with E-state index >= 15 is 0 Å². The van der Waals surface area contributed by atoms with Crippen LogP contribution in [0.15, 0.2) is 4.60 Å². The highest BCUT2D eigenvalue weighted by Crippen LogP contribution is 2.24. The molecule has 0 saturated heterocycles. The summed E-state index contributed by atoms with van der Waals surface area (Å²) in [6.07, 6.45) is 2.06. The minimum atomic E-state index is 0.271. The summed E-state index contributed by atoms with van der Waals surface area (Å²) in [5, 5.41) is 11.4. The molecule has 4 nitrogen and oxygen atoms in total. The lowest BCUT2D eigenvalue weighted by Crippen LogP contribution is -2.38. The average molecular weight is 289 g/mol. The second-order valence-electron chi connectivity index (χ2n) is 5.20. The van der Waals surface area contributed by atoms with Crippen LogP contribution in [0.4, 0.5) is 0 Å². The molecule has 5 heteroatoms. The summed E-state index contributed by atoms with van der Waals surface area (Å²) in [7, 11) is 3.95. The first-order valence-electron chi connectivity index (χ1n) is 5.57. The zero-order chi connectivity index (χ0) is 12.3. The highest BCUT2D eigenvalue weighted by atomic mass is 79.9. The van der Waals surface area contributed by atoms with Gasteiger partial charge >= 0.3 is 0 Å². The summed E-state index contributed by atoms with van der Waals surface area (Å²) in [5.74, 6) is 0. The SMILES string of the molecule is CNC(CCc1c(Br)nnn1C)C(C)(C)C. The number of halogens is 1. The summed E-state index contributed by atoms with van der Waals surface area (Å²) < 4.78 is 2.69. The van der Waals surface area contributed by atoms with Crippen molar-refractivity contribution in [3.63, 3.8) is 0 Å². The zero-order valence-electron chi connectivity index (χ0n) is 10.7. The molecule has 1 heterocycles. The predicted octanol–water partition coefficient (Wildman–Crippen LogP) is 2.14. The summed E-state index contributed by atoms with van der Waals surface area (Å²) >= 11 is 3.42. The van der Waals surface area contributed by atoms with Crippen molar-refractivity contribution in [2.45, 2.75) is 39.7 Å². The van der Waals surface area contributed by atoms with Gasteiger partial charge in [-0.2, -0.15) is 0 Å². The van der Waals surface area contributed by atoms with Crippen molar-refractivity contribution < 1.29 is 0 Å². The van der Waals surface area contributed by atoms with Crippen LogP contribution in [0.5, 0.6) is 0 Å². The fraction of sp³-hybridized carbons (Fsp3) is 0.818. The Morgan fingerprint density at radius 3 is 2.44 bits per heavy atom. The Balaban J connectivity index is 2.63. The molecule has 92 valence electrons. The van der Waals surface area contributed by atoms with Gasteiger partial charge in [0.05, 0.1) is 5.69 Å². The van der Waals surface area contributed by atoms with Crippen LogP contribution in [0, 0.1) is 5.41 Å². The van der Waals surface area contributed by atoms with Gasteiger partial charge < -0.3 is 5.32 Å². The van der Waals surface area contributed by atoms with E-state index in [-0.39, 0.29) is 5.41 Å². The van der Waals surface area contributed by atoms with Crippen LogP contribution in [0.2, 0.25) is 0 Å². The Morgan fingerprint density at radius 2 is 2.06 bits per heavy atom. The number of hydrogen-bond donors (Lipinski definition) is 1. The van der Waals surface area contributed by atoms with Crippen molar-refractivity contribution in [2.24, 2.45) is 12.5 Å². The Hall–Kier alpha value is -0.420. The second-order valence-corrected chi connectivity index (χ2v) is 5.95. The highest BCUT2D eigenvalue weighted by molar-refractivity contribution is 9.10. The average Bonchev–Trinajstić information content (AvgIpc) is 2.47. The van der Waals surface area contributed by atoms with Gasteiger partial charge in [-0.25, -0.2) is 0 Å². The summed E-state index contributed by atoms with van der Waals surface area (Å²) in [6, 6.07) is 0.495. The number of hydrogen-bond acceptors (Lipinski definition) is 3. The van der Waals surface area contributed by atoms with E-state index in [0.29, 0.717) is 6.04 Å². The van der Waals surface area contributed by atoms with Crippen LogP contribution in [0.25, 0.3) is 0 Å². The van der Waals surface area contributed by atoms with Gasteiger partial charge in [-0.05, 0) is 41.2 Å². The fourth-order valence-corrected chi connectivity index (χ4v) is 2.43. The molecule has 16 heavy (non-hydrogen) atoms. The minimum Gasteiger partial charge on any atom is -0.316 e. The highest BCUT2D eigenvalue weighted by Gasteiger charge is 2.23. The monoisotopic (exact) mass is 288 g/mol. The third kappa shape index (κ3) is 3.28. The number of nitrogens with one attached hydrogen (secondary N) is 1. The maximum Gasteiger partial charge on any atom is 0.151 e. The van der Waals surface area contributed by atoms with Crippen molar-refractivity contribution in [1.29, 1.82) is 0 Å². The van der Waals surface area contributed by atoms with Crippen molar-refractivity contribution in [2.75, 3.05) is 7.05 Å². The van der Waals surface area contributed by atoms with Crippen molar-refractivity contribution in [3.8, 4) is 0 Å². The lowest BCUT2D eigenvalue weighted by molar-refractivity contribution is 0.266. The molecule has 0 fully saturated rings. The molecule has 0 aliphatic carbocycles. The van der Waals surface area contributed by atoms with Crippen LogP contribution in [-0.2, 0) is 13.5 Å². The normalized spacial score (nSPS) is 14.1. The van der Waals surface area contributed by atoms with Crippen molar-refractivity contribution >= 4 is 15.9 Å². The molecule has 1 N–H and O–H groups in total. The van der Waals surface area contributed by atoms with Crippen molar-refractivity contribution in [1.82, 2.24) is 20.3 Å². The Bertz CT molecular complexity index is 321. The zero-order valence-corrected chi connectivity index (χ0v) is 12.3. The maximum atomic E-state index is 3.99. The van der Waals surface area contributed by atoms with Gasteiger partial charge in [0.2, 0.25) is 0 Å². The molecule has 1 aromatic heterocycles. The number of aryl methyl sites for hydroxylation is 1. The maximum absolute atomic E-state index is 3.99. The van der Waals surface area contributed by atoms with Gasteiger partial charge in [0, 0.05) is 13.1 Å². The fourth-order valence-electron chi connectivity index (χ4n) is 1.91. The lowest BCUT2D eigenvalue weighted by atomic mass is 9.84. The van der Waals surface area contributed by atoms with E-state index in [9.17, 15) is 0 Å². The number of aromatic nitrogens is 3. The lowest BCUT2D eigenvalue weighted by Gasteiger charge is -2.30. The summed E-state index contributed by atoms with van der Waals surface area (Å²) in [5.41, 5.74) is 1.43. The van der Waals surface area contributed by atoms with E-state index in [2.05, 4.69) is 52.3 Å². The molecule has 0 bridgehead atoms. The second kappa shape index (κ2) is 5.27. The minimum absolute atomic E-state index is 0.271. The molecular weight excluding hydrogens is 268 g/mol. The van der Waals surface area contributed by atoms with Gasteiger partial charge in [0.15, 0.2) is 4.60 Å². The van der Waals surface area contributed by atoms with Gasteiger partial charge in [0.1, 0.15) is 0 Å². The van der Waals surface area contributed by atoms with Crippen LogP contribution >= 0.6 is 15.9 Å². The molecule has 1 aromatic rings. The van der Waals surface area contributed by atoms with E-state index in [4.69, 9.17) is 0 Å². The predicted molar refractivity (Wildman–Crippen MR) is 69.3 cm³/mol. The topological polar surface area (TPSA) is 42.7 Å². The molecule has 1 atom stereocenters. The molecule has 0 saturated carbocycles. The molecule has 1 unspecified atom stereocenters. The molecular formula is C11H21BrN4. The van der Waals surface area contributed by atoms with Gasteiger partial charge in [0.25, 0.3) is 0 Å². The van der Waals surface area contributed by atoms with Crippen LogP contribution in [-0.4, -0.2) is 28.1 Å². The first-order chi connectivity index (χ1) is 7.36. The van der Waals surface area contributed by atoms with Gasteiger partial charge in [-0.1, -0.05) is 26.0 Å². The molecule has 0 aromatic carbocycles. The van der Waals surface area contributed by atoms with E-state index in [0.717, 1.165) is 23.1 Å². The largest absolute Gasteiger partial charge is 0.316 e. The molecule has 0 aliphatic rings. The van der Waals surface area contributed by atoms with E-state index in [1.807, 2.05) is 18.8 Å². The summed E-state index contributed by atoms with van der Waals surface area (Å²) in [4.78, 5) is 0. The molecule has 0 aliphatic heterocycles.